The highest BCUT2D eigenvalue weighted by Crippen LogP contribution is 2.50. The van der Waals surface area contributed by atoms with Gasteiger partial charge in [-0.25, -0.2) is 4.39 Å². The Morgan fingerprint density at radius 2 is 1.55 bits per heavy atom. The molecule has 3 fully saturated rings. The van der Waals surface area contributed by atoms with E-state index in [4.69, 9.17) is 5.26 Å². The van der Waals surface area contributed by atoms with E-state index < -0.39 is 0 Å². The summed E-state index contributed by atoms with van der Waals surface area (Å²) in [7, 11) is 0. The van der Waals surface area contributed by atoms with Crippen LogP contribution in [0.1, 0.15) is 107 Å². The Morgan fingerprint density at radius 1 is 0.897 bits per heavy atom. The van der Waals surface area contributed by atoms with Crippen LogP contribution in [0.2, 0.25) is 0 Å². The normalized spacial score (nSPS) is 34.9. The highest BCUT2D eigenvalue weighted by Gasteiger charge is 2.38. The van der Waals surface area contributed by atoms with Gasteiger partial charge in [-0.2, -0.15) is 5.26 Å². The van der Waals surface area contributed by atoms with Crippen molar-refractivity contribution in [3.63, 3.8) is 0 Å². The van der Waals surface area contributed by atoms with E-state index in [9.17, 15) is 4.39 Å². The summed E-state index contributed by atoms with van der Waals surface area (Å²) in [6.07, 6.45) is 18.2. The van der Waals surface area contributed by atoms with Gasteiger partial charge in [-0.1, -0.05) is 38.7 Å². The van der Waals surface area contributed by atoms with Crippen molar-refractivity contribution in [1.82, 2.24) is 0 Å². The third kappa shape index (κ3) is 4.87. The Bertz CT molecular complexity index is 712. The van der Waals surface area contributed by atoms with Gasteiger partial charge < -0.3 is 0 Å². The Morgan fingerprint density at radius 3 is 2.24 bits per heavy atom. The molecule has 29 heavy (non-hydrogen) atoms. The van der Waals surface area contributed by atoms with Gasteiger partial charge in [0.05, 0.1) is 5.56 Å². The van der Waals surface area contributed by atoms with Gasteiger partial charge >= 0.3 is 0 Å². The number of rotatable bonds is 5. The van der Waals surface area contributed by atoms with E-state index in [2.05, 4.69) is 6.92 Å². The molecule has 0 amide bonds. The van der Waals surface area contributed by atoms with E-state index in [1.807, 2.05) is 12.1 Å². The molecule has 1 nitrogen and oxygen atoms in total. The highest BCUT2D eigenvalue weighted by molar-refractivity contribution is 5.34. The summed E-state index contributed by atoms with van der Waals surface area (Å²) < 4.78 is 14.0. The van der Waals surface area contributed by atoms with Gasteiger partial charge in [-0.05, 0) is 111 Å². The van der Waals surface area contributed by atoms with Crippen LogP contribution in [0.25, 0.3) is 0 Å². The van der Waals surface area contributed by atoms with Crippen molar-refractivity contribution >= 4 is 0 Å². The number of unbranched alkanes of at least 4 members (excludes halogenated alkanes) is 1. The van der Waals surface area contributed by atoms with Crippen LogP contribution in [-0.2, 0) is 0 Å². The van der Waals surface area contributed by atoms with Crippen LogP contribution < -0.4 is 0 Å². The average molecular weight is 396 g/mol. The number of nitriles is 1. The molecule has 1 aromatic rings. The molecule has 158 valence electrons. The zero-order valence-corrected chi connectivity index (χ0v) is 18.2. The molecular weight excluding hydrogens is 357 g/mol. The minimum Gasteiger partial charge on any atom is -0.206 e. The van der Waals surface area contributed by atoms with Crippen LogP contribution in [-0.4, -0.2) is 0 Å². The maximum Gasteiger partial charge on any atom is 0.141 e. The molecule has 0 N–H and O–H groups in total. The Hall–Kier alpha value is -1.36. The first-order chi connectivity index (χ1) is 14.2. The lowest BCUT2D eigenvalue weighted by Gasteiger charge is -2.45. The fourth-order valence-corrected chi connectivity index (χ4v) is 7.01. The molecule has 0 heterocycles. The van der Waals surface area contributed by atoms with Crippen LogP contribution in [0, 0.1) is 46.7 Å². The van der Waals surface area contributed by atoms with Crippen molar-refractivity contribution in [1.29, 1.82) is 5.26 Å². The van der Waals surface area contributed by atoms with E-state index >= 15 is 0 Å². The first-order valence-electron chi connectivity index (χ1n) is 12.4. The Balaban J connectivity index is 1.27. The Labute approximate surface area is 177 Å². The largest absolute Gasteiger partial charge is 0.206 e. The molecule has 1 aromatic carbocycles. The second-order valence-electron chi connectivity index (χ2n) is 10.4. The molecule has 4 unspecified atom stereocenters. The zero-order valence-electron chi connectivity index (χ0n) is 18.2. The molecule has 0 radical (unpaired) electrons. The van der Waals surface area contributed by atoms with E-state index in [-0.39, 0.29) is 11.4 Å². The van der Waals surface area contributed by atoms with Crippen molar-refractivity contribution in [3.05, 3.63) is 35.1 Å². The number of nitrogens with zero attached hydrogens (tertiary/aromatic N) is 1. The second-order valence-corrected chi connectivity index (χ2v) is 10.4. The molecule has 0 aromatic heterocycles. The molecule has 0 saturated heterocycles. The number of halogens is 1. The van der Waals surface area contributed by atoms with Gasteiger partial charge in [0.15, 0.2) is 0 Å². The second kappa shape index (κ2) is 9.63. The standard InChI is InChI=1S/C27H38FN/c1-2-3-4-19-5-6-24-16-23(12-11-22(24)15-19)20-7-9-21(10-8-20)25-13-14-26(18-29)27(28)17-25/h13-14,17,19-24H,2-12,15-16H2,1H3. The first kappa shape index (κ1) is 20.9. The average Bonchev–Trinajstić information content (AvgIpc) is 2.77. The maximum absolute atomic E-state index is 14.0. The number of hydrogen-bond acceptors (Lipinski definition) is 1. The van der Waals surface area contributed by atoms with Gasteiger partial charge in [0, 0.05) is 0 Å². The quantitative estimate of drug-likeness (QED) is 0.495. The minimum absolute atomic E-state index is 0.170. The van der Waals surface area contributed by atoms with E-state index in [0.29, 0.717) is 5.92 Å². The summed E-state index contributed by atoms with van der Waals surface area (Å²) >= 11 is 0. The minimum atomic E-state index is -0.347. The molecular formula is C27H38FN. The third-order valence-electron chi connectivity index (χ3n) is 8.75. The monoisotopic (exact) mass is 395 g/mol. The van der Waals surface area contributed by atoms with Crippen molar-refractivity contribution in [2.75, 3.05) is 0 Å². The first-order valence-corrected chi connectivity index (χ1v) is 12.4. The summed E-state index contributed by atoms with van der Waals surface area (Å²) in [5, 5.41) is 8.94. The molecule has 4 atom stereocenters. The smallest absolute Gasteiger partial charge is 0.141 e. The zero-order chi connectivity index (χ0) is 20.2. The van der Waals surface area contributed by atoms with Crippen molar-refractivity contribution in [3.8, 4) is 6.07 Å². The Kier molecular flexibility index (Phi) is 6.94. The van der Waals surface area contributed by atoms with E-state index in [0.717, 1.165) is 35.2 Å². The molecule has 0 bridgehead atoms. The molecule has 2 heteroatoms. The summed E-state index contributed by atoms with van der Waals surface area (Å²) in [4.78, 5) is 0. The predicted molar refractivity (Wildman–Crippen MR) is 117 cm³/mol. The van der Waals surface area contributed by atoms with E-state index in [1.165, 1.54) is 83.5 Å². The predicted octanol–water partition coefficient (Wildman–Crippen LogP) is 7.99. The number of fused-ring (bicyclic) bond motifs is 1. The van der Waals surface area contributed by atoms with Gasteiger partial charge in [0.25, 0.3) is 0 Å². The van der Waals surface area contributed by atoms with Gasteiger partial charge in [0.1, 0.15) is 11.9 Å². The van der Waals surface area contributed by atoms with Crippen LogP contribution in [0.3, 0.4) is 0 Å². The summed E-state index contributed by atoms with van der Waals surface area (Å²) in [6.45, 7) is 2.32. The molecule has 0 spiro atoms. The maximum atomic E-state index is 14.0. The molecule has 0 aliphatic heterocycles. The van der Waals surface area contributed by atoms with Crippen molar-refractivity contribution in [2.45, 2.75) is 96.3 Å². The van der Waals surface area contributed by atoms with Gasteiger partial charge in [-0.3, -0.25) is 0 Å². The number of hydrogen-bond donors (Lipinski definition) is 0. The van der Waals surface area contributed by atoms with Gasteiger partial charge in [0.2, 0.25) is 0 Å². The molecule has 3 saturated carbocycles. The molecule has 3 aliphatic rings. The molecule has 3 aliphatic carbocycles. The number of benzene rings is 1. The lowest BCUT2D eigenvalue weighted by molar-refractivity contribution is 0.0614. The molecule has 4 rings (SSSR count). The van der Waals surface area contributed by atoms with Crippen LogP contribution >= 0.6 is 0 Å². The van der Waals surface area contributed by atoms with Crippen LogP contribution in [0.4, 0.5) is 4.39 Å². The van der Waals surface area contributed by atoms with Crippen LogP contribution in [0.15, 0.2) is 18.2 Å². The van der Waals surface area contributed by atoms with E-state index in [1.54, 1.807) is 12.1 Å². The summed E-state index contributed by atoms with van der Waals surface area (Å²) in [5.41, 5.74) is 1.28. The topological polar surface area (TPSA) is 23.8 Å². The SMILES string of the molecule is CCCCC1CCC2CC(C3CCC(c4ccc(C#N)c(F)c4)CC3)CCC2C1. The van der Waals surface area contributed by atoms with Crippen LogP contribution in [0.5, 0.6) is 0 Å². The lowest BCUT2D eigenvalue weighted by Crippen LogP contribution is -2.34. The summed E-state index contributed by atoms with van der Waals surface area (Å²) in [6, 6.07) is 7.20. The van der Waals surface area contributed by atoms with Crippen molar-refractivity contribution < 1.29 is 4.39 Å². The fraction of sp³-hybridized carbons (Fsp3) is 0.741. The van der Waals surface area contributed by atoms with Crippen molar-refractivity contribution in [2.24, 2.45) is 29.6 Å². The summed E-state index contributed by atoms with van der Waals surface area (Å²) in [5.74, 6) is 5.04. The fourth-order valence-electron chi connectivity index (χ4n) is 7.01. The lowest BCUT2D eigenvalue weighted by atomic mass is 9.60. The van der Waals surface area contributed by atoms with Gasteiger partial charge in [-0.15, -0.1) is 0 Å². The third-order valence-corrected chi connectivity index (χ3v) is 8.75. The highest BCUT2D eigenvalue weighted by atomic mass is 19.1.